The maximum Gasteiger partial charge on any atom is 0.325 e. The lowest BCUT2D eigenvalue weighted by molar-refractivity contribution is -0.138. The number of carboxylic acid groups (broad SMARTS) is 1. The molecule has 0 aliphatic carbocycles. The van der Waals surface area contributed by atoms with Crippen molar-refractivity contribution in [2.75, 3.05) is 11.9 Å². The van der Waals surface area contributed by atoms with Crippen LogP contribution in [-0.2, 0) is 4.79 Å². The average molecular weight is 247 g/mol. The van der Waals surface area contributed by atoms with Crippen molar-refractivity contribution in [3.63, 3.8) is 0 Å². The Balaban J connectivity index is 2.80. The lowest BCUT2D eigenvalue weighted by atomic mass is 10.2. The van der Waals surface area contributed by atoms with Crippen LogP contribution in [0, 0.1) is 11.3 Å². The van der Waals surface area contributed by atoms with Crippen LogP contribution in [-0.4, -0.2) is 30.2 Å². The molecule has 0 aliphatic rings. The molecule has 1 atom stereocenters. The summed E-state index contributed by atoms with van der Waals surface area (Å²) < 4.78 is 0. The molecule has 1 aromatic rings. The number of nitrogens with one attached hydrogen (secondary N) is 1. The molecule has 0 heterocycles. The van der Waals surface area contributed by atoms with E-state index < -0.39 is 18.0 Å². The van der Waals surface area contributed by atoms with E-state index >= 15 is 0 Å². The predicted molar refractivity (Wildman–Crippen MR) is 65.2 cm³/mol. The molecule has 0 radical (unpaired) electrons. The third-order valence-electron chi connectivity index (χ3n) is 2.38. The van der Waals surface area contributed by atoms with Crippen LogP contribution in [0.25, 0.3) is 0 Å². The first-order valence-electron chi connectivity index (χ1n) is 5.23. The molecular formula is C12H13N3O3. The van der Waals surface area contributed by atoms with Crippen molar-refractivity contribution >= 4 is 17.7 Å². The lowest BCUT2D eigenvalue weighted by Gasteiger charge is -2.19. The number of carboxylic acids is 1. The van der Waals surface area contributed by atoms with Crippen LogP contribution >= 0.6 is 0 Å². The number of hydrogen-bond donors (Lipinski definition) is 2. The Labute approximate surface area is 104 Å². The molecule has 0 unspecified atom stereocenters. The smallest absolute Gasteiger partial charge is 0.325 e. The molecule has 0 saturated carbocycles. The van der Waals surface area contributed by atoms with Gasteiger partial charge in [0.25, 0.3) is 0 Å². The molecule has 2 N–H and O–H groups in total. The number of rotatable bonds is 3. The second-order valence-corrected chi connectivity index (χ2v) is 3.73. The Morgan fingerprint density at radius 2 is 2.17 bits per heavy atom. The van der Waals surface area contributed by atoms with Crippen molar-refractivity contribution in [2.45, 2.75) is 13.0 Å². The molecule has 0 bridgehead atoms. The van der Waals surface area contributed by atoms with Gasteiger partial charge in [-0.2, -0.15) is 5.26 Å². The summed E-state index contributed by atoms with van der Waals surface area (Å²) in [6.45, 7) is 1.37. The van der Waals surface area contributed by atoms with E-state index in [-0.39, 0.29) is 0 Å². The monoisotopic (exact) mass is 247 g/mol. The maximum atomic E-state index is 11.7. The Hall–Kier alpha value is -2.55. The zero-order valence-corrected chi connectivity index (χ0v) is 10.0. The van der Waals surface area contributed by atoms with Gasteiger partial charge in [-0.3, -0.25) is 9.69 Å². The topological polar surface area (TPSA) is 93.4 Å². The van der Waals surface area contributed by atoms with Gasteiger partial charge < -0.3 is 10.4 Å². The first-order valence-corrected chi connectivity index (χ1v) is 5.23. The fourth-order valence-corrected chi connectivity index (χ4v) is 1.25. The number of anilines is 1. The molecule has 0 fully saturated rings. The Morgan fingerprint density at radius 1 is 1.50 bits per heavy atom. The fraction of sp³-hybridized carbons (Fsp3) is 0.250. The average Bonchev–Trinajstić information content (AvgIpc) is 2.37. The first kappa shape index (κ1) is 13.5. The van der Waals surface area contributed by atoms with Crippen LogP contribution in [0.15, 0.2) is 24.3 Å². The van der Waals surface area contributed by atoms with Gasteiger partial charge in [0.2, 0.25) is 0 Å². The highest BCUT2D eigenvalue weighted by atomic mass is 16.4. The standard InChI is InChI=1S/C12H13N3O3/c1-8(11(16)17)14-12(18)15(2)10-5-3-4-9(6-10)7-13/h3-6,8H,1-2H3,(H,14,18)(H,16,17)/t8-/m0/s1. The Kier molecular flexibility index (Phi) is 4.27. The third-order valence-corrected chi connectivity index (χ3v) is 2.38. The summed E-state index contributed by atoms with van der Waals surface area (Å²) >= 11 is 0. The van der Waals surface area contributed by atoms with Crippen molar-refractivity contribution in [1.82, 2.24) is 5.32 Å². The van der Waals surface area contributed by atoms with Gasteiger partial charge in [-0.15, -0.1) is 0 Å². The molecule has 2 amide bonds. The van der Waals surface area contributed by atoms with Gasteiger partial charge >= 0.3 is 12.0 Å². The zero-order chi connectivity index (χ0) is 13.7. The largest absolute Gasteiger partial charge is 0.480 e. The van der Waals surface area contributed by atoms with Gasteiger partial charge in [0.1, 0.15) is 6.04 Å². The van der Waals surface area contributed by atoms with Crippen molar-refractivity contribution in [3.8, 4) is 6.07 Å². The van der Waals surface area contributed by atoms with Crippen molar-refractivity contribution in [1.29, 1.82) is 5.26 Å². The van der Waals surface area contributed by atoms with E-state index in [0.717, 1.165) is 0 Å². The summed E-state index contributed by atoms with van der Waals surface area (Å²) in [5.41, 5.74) is 0.947. The van der Waals surface area contributed by atoms with Crippen LogP contribution in [0.2, 0.25) is 0 Å². The summed E-state index contributed by atoms with van der Waals surface area (Å²) in [7, 11) is 1.50. The van der Waals surface area contributed by atoms with Crippen LogP contribution in [0.4, 0.5) is 10.5 Å². The minimum absolute atomic E-state index is 0.429. The number of carbonyl (C=O) groups is 2. The molecule has 18 heavy (non-hydrogen) atoms. The van der Waals surface area contributed by atoms with Gasteiger partial charge in [0.15, 0.2) is 0 Å². The van der Waals surface area contributed by atoms with Gasteiger partial charge in [-0.1, -0.05) is 6.07 Å². The molecule has 1 rings (SSSR count). The van der Waals surface area contributed by atoms with Gasteiger partial charge in [0, 0.05) is 12.7 Å². The number of nitrogens with zero attached hydrogens (tertiary/aromatic N) is 2. The van der Waals surface area contributed by atoms with Crippen LogP contribution < -0.4 is 10.2 Å². The number of urea groups is 1. The van der Waals surface area contributed by atoms with Crippen molar-refractivity contribution < 1.29 is 14.7 Å². The Bertz CT molecular complexity index is 508. The summed E-state index contributed by atoms with van der Waals surface area (Å²) in [5, 5.41) is 19.8. The number of nitriles is 1. The predicted octanol–water partition coefficient (Wildman–Crippen LogP) is 1.18. The van der Waals surface area contributed by atoms with Gasteiger partial charge in [0.05, 0.1) is 11.6 Å². The van der Waals surface area contributed by atoms with Crippen molar-refractivity contribution in [2.24, 2.45) is 0 Å². The van der Waals surface area contributed by atoms with Crippen LogP contribution in [0.1, 0.15) is 12.5 Å². The molecule has 6 heteroatoms. The van der Waals surface area contributed by atoms with Gasteiger partial charge in [-0.25, -0.2) is 4.79 Å². The fourth-order valence-electron chi connectivity index (χ4n) is 1.25. The molecule has 94 valence electrons. The first-order chi connectivity index (χ1) is 8.45. The summed E-state index contributed by atoms with van der Waals surface area (Å²) in [5.74, 6) is -1.11. The lowest BCUT2D eigenvalue weighted by Crippen LogP contribution is -2.45. The Morgan fingerprint density at radius 3 is 2.72 bits per heavy atom. The second-order valence-electron chi connectivity index (χ2n) is 3.73. The van der Waals surface area contributed by atoms with E-state index in [9.17, 15) is 9.59 Å². The molecule has 0 aromatic heterocycles. The minimum atomic E-state index is -1.11. The highest BCUT2D eigenvalue weighted by molar-refractivity contribution is 5.94. The SMILES string of the molecule is C[C@H](NC(=O)N(C)c1cccc(C#N)c1)C(=O)O. The molecular weight excluding hydrogens is 234 g/mol. The molecule has 0 saturated heterocycles. The summed E-state index contributed by atoms with van der Waals surface area (Å²) in [4.78, 5) is 23.6. The van der Waals surface area contributed by atoms with E-state index in [2.05, 4.69) is 5.32 Å². The molecule has 0 aliphatic heterocycles. The number of carbonyl (C=O) groups excluding carboxylic acids is 1. The zero-order valence-electron chi connectivity index (χ0n) is 10.0. The number of aliphatic carboxylic acids is 1. The van der Waals surface area contributed by atoms with Crippen LogP contribution in [0.3, 0.4) is 0 Å². The van der Waals surface area contributed by atoms with E-state index in [4.69, 9.17) is 10.4 Å². The maximum absolute atomic E-state index is 11.7. The molecule has 6 nitrogen and oxygen atoms in total. The van der Waals surface area contributed by atoms with E-state index in [1.807, 2.05) is 6.07 Å². The minimum Gasteiger partial charge on any atom is -0.480 e. The van der Waals surface area contributed by atoms with Crippen LogP contribution in [0.5, 0.6) is 0 Å². The van der Waals surface area contributed by atoms with E-state index in [0.29, 0.717) is 11.3 Å². The van der Waals surface area contributed by atoms with Gasteiger partial charge in [-0.05, 0) is 25.1 Å². The molecule has 0 spiro atoms. The summed E-state index contributed by atoms with van der Waals surface area (Å²) in [6, 6.07) is 6.93. The highest BCUT2D eigenvalue weighted by Gasteiger charge is 2.17. The van der Waals surface area contributed by atoms with E-state index in [1.54, 1.807) is 24.3 Å². The van der Waals surface area contributed by atoms with E-state index in [1.165, 1.54) is 18.9 Å². The number of benzene rings is 1. The normalized spacial score (nSPS) is 11.2. The number of amides is 2. The third kappa shape index (κ3) is 3.22. The highest BCUT2D eigenvalue weighted by Crippen LogP contribution is 2.14. The summed E-state index contributed by atoms with van der Waals surface area (Å²) in [6.07, 6.45) is 0. The van der Waals surface area contributed by atoms with Crippen molar-refractivity contribution in [3.05, 3.63) is 29.8 Å². The number of hydrogen-bond acceptors (Lipinski definition) is 3. The molecule has 1 aromatic carbocycles. The quantitative estimate of drug-likeness (QED) is 0.838. The second kappa shape index (κ2) is 5.68.